The number of nitrogens with one attached hydrogen (secondary N) is 2. The van der Waals surface area contributed by atoms with E-state index in [1.54, 1.807) is 18.5 Å². The molecule has 0 aliphatic heterocycles. The van der Waals surface area contributed by atoms with Crippen molar-refractivity contribution in [2.24, 2.45) is 17.8 Å². The van der Waals surface area contributed by atoms with E-state index in [1.165, 1.54) is 50.2 Å². The number of hydrogen-bond donors (Lipinski definition) is 3. The van der Waals surface area contributed by atoms with Crippen molar-refractivity contribution in [1.29, 1.82) is 0 Å². The summed E-state index contributed by atoms with van der Waals surface area (Å²) in [7, 11) is 0. The Morgan fingerprint density at radius 1 is 0.971 bits per heavy atom. The second-order valence-corrected chi connectivity index (χ2v) is 10.7. The third-order valence-corrected chi connectivity index (χ3v) is 8.26. The van der Waals surface area contributed by atoms with Gasteiger partial charge in [0, 0.05) is 6.20 Å². The highest BCUT2D eigenvalue weighted by atomic mass is 35.5. The van der Waals surface area contributed by atoms with Crippen molar-refractivity contribution in [1.82, 2.24) is 9.97 Å². The van der Waals surface area contributed by atoms with Gasteiger partial charge in [-0.1, -0.05) is 17.7 Å². The molecule has 0 spiro atoms. The third kappa shape index (κ3) is 3.90. The van der Waals surface area contributed by atoms with Gasteiger partial charge in [0.25, 0.3) is 0 Å². The number of hydrogen-bond acceptors (Lipinski definition) is 5. The topological polar surface area (TPSA) is 87.1 Å². The Hall–Kier alpha value is -3.12. The molecule has 4 aliphatic rings. The van der Waals surface area contributed by atoms with Crippen LogP contribution in [0.1, 0.15) is 54.4 Å². The van der Waals surface area contributed by atoms with Gasteiger partial charge in [-0.2, -0.15) is 0 Å². The zero-order valence-corrected chi connectivity index (χ0v) is 19.6. The Morgan fingerprint density at radius 2 is 1.71 bits per heavy atom. The fourth-order valence-corrected chi connectivity index (χ4v) is 7.13. The summed E-state index contributed by atoms with van der Waals surface area (Å²) in [4.78, 5) is 20.0. The summed E-state index contributed by atoms with van der Waals surface area (Å²) in [5.74, 6) is 2.61. The van der Waals surface area contributed by atoms with E-state index >= 15 is 0 Å². The number of rotatable bonds is 6. The molecule has 2 aromatic heterocycles. The van der Waals surface area contributed by atoms with Crippen molar-refractivity contribution >= 4 is 40.6 Å². The van der Waals surface area contributed by atoms with Crippen molar-refractivity contribution in [2.45, 2.75) is 43.9 Å². The number of aromatic carboxylic acids is 1. The minimum Gasteiger partial charge on any atom is -0.478 e. The summed E-state index contributed by atoms with van der Waals surface area (Å²) in [6.07, 6.45) is 11.4. The zero-order valence-electron chi connectivity index (χ0n) is 18.8. The molecule has 34 heavy (non-hydrogen) atoms. The van der Waals surface area contributed by atoms with E-state index in [0.717, 1.165) is 28.5 Å². The summed E-state index contributed by atoms with van der Waals surface area (Å²) in [6, 6.07) is 13.3. The molecule has 2 heterocycles. The minimum absolute atomic E-state index is 0.107. The van der Waals surface area contributed by atoms with Gasteiger partial charge >= 0.3 is 5.97 Å². The van der Waals surface area contributed by atoms with E-state index in [4.69, 9.17) is 11.6 Å². The summed E-state index contributed by atoms with van der Waals surface area (Å²) >= 11 is 6.74. The van der Waals surface area contributed by atoms with Crippen molar-refractivity contribution < 1.29 is 9.90 Å². The minimum atomic E-state index is -1.03. The predicted molar refractivity (Wildman–Crippen MR) is 133 cm³/mol. The van der Waals surface area contributed by atoms with Crippen LogP contribution in [0.25, 0.3) is 0 Å². The zero-order chi connectivity index (χ0) is 23.3. The van der Waals surface area contributed by atoms with Gasteiger partial charge in [-0.25, -0.2) is 14.8 Å². The van der Waals surface area contributed by atoms with E-state index in [1.807, 2.05) is 12.1 Å². The number of carbonyl (C=O) groups is 1. The molecule has 0 unspecified atom stereocenters. The van der Waals surface area contributed by atoms with Crippen LogP contribution in [0.2, 0.25) is 5.02 Å². The van der Waals surface area contributed by atoms with Gasteiger partial charge in [0.05, 0.1) is 22.6 Å². The first-order valence-corrected chi connectivity index (χ1v) is 12.3. The van der Waals surface area contributed by atoms with Crippen LogP contribution in [0.5, 0.6) is 0 Å². The van der Waals surface area contributed by atoms with Crippen molar-refractivity contribution in [3.8, 4) is 0 Å². The fourth-order valence-electron chi connectivity index (χ4n) is 6.90. The van der Waals surface area contributed by atoms with Crippen LogP contribution in [-0.4, -0.2) is 21.0 Å². The lowest BCUT2D eigenvalue weighted by Gasteiger charge is -2.57. The van der Waals surface area contributed by atoms with Crippen LogP contribution in [-0.2, 0) is 5.41 Å². The number of halogens is 1. The van der Waals surface area contributed by atoms with E-state index in [9.17, 15) is 9.90 Å². The first-order valence-electron chi connectivity index (χ1n) is 12.0. The van der Waals surface area contributed by atoms with E-state index in [2.05, 4.69) is 38.8 Å². The average Bonchev–Trinajstić information content (AvgIpc) is 2.81. The highest BCUT2D eigenvalue weighted by Gasteiger charge is 2.51. The molecular formula is C27H27ClN4O2. The average molecular weight is 475 g/mol. The Labute approximate surface area is 203 Å². The smallest absolute Gasteiger partial charge is 0.339 e. The SMILES string of the molecule is O=C(O)c1cccnc1Nc1ccc(Nc2ccc(C34CC5CC(CC(C5)C3)C4)cc2Cl)nc1. The number of aromatic nitrogens is 2. The van der Waals surface area contributed by atoms with E-state index in [0.29, 0.717) is 16.9 Å². The fraction of sp³-hybridized carbons (Fsp3) is 0.370. The van der Waals surface area contributed by atoms with E-state index < -0.39 is 5.97 Å². The molecule has 0 saturated heterocycles. The number of carboxylic acid groups (broad SMARTS) is 1. The second-order valence-electron chi connectivity index (χ2n) is 10.3. The predicted octanol–water partition coefficient (Wildman–Crippen LogP) is 6.78. The van der Waals surface area contributed by atoms with Gasteiger partial charge in [-0.05, 0) is 104 Å². The Balaban J connectivity index is 1.17. The molecule has 4 saturated carbocycles. The molecule has 3 N–H and O–H groups in total. The molecule has 4 fully saturated rings. The van der Waals surface area contributed by atoms with Gasteiger partial charge in [-0.15, -0.1) is 0 Å². The molecule has 0 atom stereocenters. The van der Waals surface area contributed by atoms with Crippen molar-refractivity contribution in [3.05, 3.63) is 71.0 Å². The molecular weight excluding hydrogens is 448 g/mol. The lowest BCUT2D eigenvalue weighted by Crippen LogP contribution is -2.48. The first kappa shape index (κ1) is 21.4. The quantitative estimate of drug-likeness (QED) is 0.365. The molecule has 3 aromatic rings. The monoisotopic (exact) mass is 474 g/mol. The van der Waals surface area contributed by atoms with Gasteiger partial charge in [0.2, 0.25) is 0 Å². The molecule has 0 amide bonds. The van der Waals surface area contributed by atoms with Crippen LogP contribution in [0.3, 0.4) is 0 Å². The Bertz CT molecular complexity index is 1210. The van der Waals surface area contributed by atoms with Gasteiger partial charge in [0.15, 0.2) is 0 Å². The van der Waals surface area contributed by atoms with Crippen LogP contribution >= 0.6 is 11.6 Å². The maximum Gasteiger partial charge on any atom is 0.339 e. The maximum absolute atomic E-state index is 11.4. The number of pyridine rings is 2. The number of benzene rings is 1. The van der Waals surface area contributed by atoms with Crippen molar-refractivity contribution in [3.63, 3.8) is 0 Å². The largest absolute Gasteiger partial charge is 0.478 e. The Morgan fingerprint density at radius 3 is 2.32 bits per heavy atom. The van der Waals surface area contributed by atoms with Crippen LogP contribution in [0, 0.1) is 17.8 Å². The summed E-state index contributed by atoms with van der Waals surface area (Å²) in [6.45, 7) is 0. The molecule has 1 aromatic carbocycles. The lowest BCUT2D eigenvalue weighted by atomic mass is 9.48. The summed E-state index contributed by atoms with van der Waals surface area (Å²) < 4.78 is 0. The molecule has 7 heteroatoms. The van der Waals surface area contributed by atoms with Gasteiger partial charge < -0.3 is 15.7 Å². The molecule has 4 bridgehead atoms. The highest BCUT2D eigenvalue weighted by molar-refractivity contribution is 6.33. The lowest BCUT2D eigenvalue weighted by molar-refractivity contribution is -0.00518. The van der Waals surface area contributed by atoms with E-state index in [-0.39, 0.29) is 11.4 Å². The summed E-state index contributed by atoms with van der Waals surface area (Å²) in [5.41, 5.74) is 3.31. The number of carboxylic acids is 1. The molecule has 174 valence electrons. The maximum atomic E-state index is 11.4. The van der Waals surface area contributed by atoms with Crippen molar-refractivity contribution in [2.75, 3.05) is 10.6 Å². The van der Waals surface area contributed by atoms with Gasteiger partial charge in [-0.3, -0.25) is 0 Å². The Kier molecular flexibility index (Phi) is 5.21. The molecule has 0 radical (unpaired) electrons. The normalized spacial score (nSPS) is 26.9. The van der Waals surface area contributed by atoms with Gasteiger partial charge in [0.1, 0.15) is 17.2 Å². The molecule has 6 nitrogen and oxygen atoms in total. The molecule has 4 aliphatic carbocycles. The summed E-state index contributed by atoms with van der Waals surface area (Å²) in [5, 5.41) is 16.4. The second kappa shape index (κ2) is 8.27. The number of anilines is 4. The molecule has 7 rings (SSSR count). The van der Waals surface area contributed by atoms with Crippen LogP contribution in [0.4, 0.5) is 23.0 Å². The van der Waals surface area contributed by atoms with Crippen LogP contribution < -0.4 is 10.6 Å². The first-order chi connectivity index (χ1) is 16.5. The van der Waals surface area contributed by atoms with Crippen LogP contribution in [0.15, 0.2) is 54.9 Å². The number of nitrogens with zero attached hydrogens (tertiary/aromatic N) is 2. The highest BCUT2D eigenvalue weighted by Crippen LogP contribution is 2.61. The third-order valence-electron chi connectivity index (χ3n) is 7.95. The standard InChI is InChI=1S/C27H27ClN4O2/c28-22-11-19(27-12-16-8-17(13-27)10-18(9-16)14-27)3-5-23(22)32-24-6-4-20(15-30-24)31-25-21(26(33)34)2-1-7-29-25/h1-7,11,15-18H,8-10,12-14H2,(H,29,31)(H,30,32)(H,33,34).